The van der Waals surface area contributed by atoms with Gasteiger partial charge in [0.1, 0.15) is 0 Å². The second kappa shape index (κ2) is 24.4. The molecule has 0 unspecified atom stereocenters. The fourth-order valence-electron chi connectivity index (χ4n) is 17.7. The number of hydrogen-bond donors (Lipinski definition) is 0. The lowest BCUT2D eigenvalue weighted by Crippen LogP contribution is -2.65. The molecule has 1 aromatic heterocycles. The van der Waals surface area contributed by atoms with E-state index in [-0.39, 0.29) is 24.3 Å². The molecule has 8 heteroatoms. The van der Waals surface area contributed by atoms with Crippen molar-refractivity contribution < 1.29 is 0 Å². The second-order valence-electron chi connectivity index (χ2n) is 30.8. The topological polar surface area (TPSA) is 21.1 Å². The van der Waals surface area contributed by atoms with Crippen molar-refractivity contribution in [3.63, 3.8) is 0 Å². The molecular formula is C98H76B2N6. The fourth-order valence-corrected chi connectivity index (χ4v) is 17.7. The maximum Gasteiger partial charge on any atom is 0.252 e. The third-order valence-electron chi connectivity index (χ3n) is 22.6. The van der Waals surface area contributed by atoms with Gasteiger partial charge in [-0.05, 0) is 181 Å². The molecule has 16 aromatic rings. The first-order chi connectivity index (χ1) is 51.9. The average Bonchev–Trinajstić information content (AvgIpc) is 0.686. The molecule has 4 aliphatic rings. The average molecular weight is 1360 g/mol. The van der Waals surface area contributed by atoms with Gasteiger partial charge in [0.15, 0.2) is 0 Å². The minimum Gasteiger partial charge on any atom is -0.311 e. The van der Waals surface area contributed by atoms with Gasteiger partial charge in [0.25, 0.3) is 13.4 Å². The summed E-state index contributed by atoms with van der Waals surface area (Å²) in [5, 5.41) is 2.47. The predicted molar refractivity (Wildman–Crippen MR) is 452 cm³/mol. The van der Waals surface area contributed by atoms with Crippen LogP contribution in [-0.2, 0) is 10.8 Å². The summed E-state index contributed by atoms with van der Waals surface area (Å²) in [5.74, 6) is 0. The van der Waals surface area contributed by atoms with Crippen molar-refractivity contribution in [1.82, 2.24) is 4.57 Å². The van der Waals surface area contributed by atoms with E-state index in [0.717, 1.165) is 113 Å². The van der Waals surface area contributed by atoms with Crippen LogP contribution in [0.5, 0.6) is 0 Å². The SMILES string of the molecule is CC(C)(C)c1ccc2c3ccc(C(C)(C)C)cc3n(-c3cc4c5c(c3)N(c3ccccc3)c3cc6c(cc3B5c3ccccc3N4c3ccccc3)B3c4ccccc4N(c4ccccc4)c4cc(N(c5ccccc5)c5ccccc5)cc(c43)N6c3c(-c4ccccc4)cccc3-c3ccccc3)c2c1. The number of rotatable bonds is 10. The maximum absolute atomic E-state index is 2.70. The van der Waals surface area contributed by atoms with Gasteiger partial charge in [0, 0.05) is 95.8 Å². The van der Waals surface area contributed by atoms with Crippen LogP contribution < -0.4 is 57.3 Å². The van der Waals surface area contributed by atoms with Crippen LogP contribution in [0.25, 0.3) is 49.7 Å². The number of aromatic nitrogens is 1. The van der Waals surface area contributed by atoms with Gasteiger partial charge in [0.05, 0.1) is 28.1 Å². The molecule has 4 aliphatic heterocycles. The monoisotopic (exact) mass is 1360 g/mol. The van der Waals surface area contributed by atoms with E-state index in [1.807, 2.05) is 0 Å². The van der Waals surface area contributed by atoms with E-state index in [2.05, 4.69) is 422 Å². The summed E-state index contributed by atoms with van der Waals surface area (Å²) in [7, 11) is 0. The number of fused-ring (bicyclic) bond motifs is 11. The van der Waals surface area contributed by atoms with Gasteiger partial charge in [-0.25, -0.2) is 0 Å². The van der Waals surface area contributed by atoms with Crippen LogP contribution in [0.3, 0.4) is 0 Å². The Morgan fingerprint density at radius 3 is 1.04 bits per heavy atom. The Kier molecular flexibility index (Phi) is 14.5. The summed E-state index contributed by atoms with van der Waals surface area (Å²) in [5.41, 5.74) is 34.4. The molecule has 0 N–H and O–H groups in total. The van der Waals surface area contributed by atoms with Gasteiger partial charge >= 0.3 is 0 Å². The molecule has 0 spiro atoms. The van der Waals surface area contributed by atoms with Crippen molar-refractivity contribution in [3.8, 4) is 27.9 Å². The van der Waals surface area contributed by atoms with Crippen molar-refractivity contribution in [1.29, 1.82) is 0 Å². The zero-order valence-corrected chi connectivity index (χ0v) is 60.3. The third-order valence-corrected chi connectivity index (χ3v) is 22.6. The van der Waals surface area contributed by atoms with E-state index in [1.54, 1.807) is 0 Å². The molecule has 0 saturated heterocycles. The summed E-state index contributed by atoms with van der Waals surface area (Å²) in [6.45, 7) is 13.6. The molecule has 0 radical (unpaired) electrons. The number of para-hydroxylation sites is 8. The third kappa shape index (κ3) is 9.95. The molecule has 6 nitrogen and oxygen atoms in total. The Balaban J connectivity index is 0.956. The zero-order valence-electron chi connectivity index (χ0n) is 60.3. The Morgan fingerprint density at radius 2 is 0.613 bits per heavy atom. The van der Waals surface area contributed by atoms with Crippen molar-refractivity contribution in [2.45, 2.75) is 52.4 Å². The Labute approximate surface area is 621 Å². The van der Waals surface area contributed by atoms with E-state index in [0.29, 0.717) is 0 Å². The molecule has 0 bridgehead atoms. The number of benzene rings is 15. The lowest BCUT2D eigenvalue weighted by atomic mass is 9.30. The van der Waals surface area contributed by atoms with Crippen molar-refractivity contribution >= 4 is 153 Å². The molecule has 0 amide bonds. The van der Waals surface area contributed by atoms with Gasteiger partial charge in [-0.15, -0.1) is 0 Å². The molecule has 0 fully saturated rings. The highest BCUT2D eigenvalue weighted by Gasteiger charge is 2.49. The van der Waals surface area contributed by atoms with Crippen LogP contribution in [0.1, 0.15) is 52.7 Å². The highest BCUT2D eigenvalue weighted by Crippen LogP contribution is 2.55. The zero-order chi connectivity index (χ0) is 71.1. The van der Waals surface area contributed by atoms with Gasteiger partial charge in [-0.1, -0.05) is 278 Å². The van der Waals surface area contributed by atoms with E-state index < -0.39 is 0 Å². The minimum atomic E-state index is -0.239. The lowest BCUT2D eigenvalue weighted by Gasteiger charge is -2.48. The number of hydrogen-bond acceptors (Lipinski definition) is 5. The van der Waals surface area contributed by atoms with Crippen molar-refractivity contribution in [2.75, 3.05) is 24.5 Å². The molecule has 106 heavy (non-hydrogen) atoms. The largest absolute Gasteiger partial charge is 0.311 e. The quantitative estimate of drug-likeness (QED) is 0.127. The van der Waals surface area contributed by atoms with E-state index >= 15 is 0 Å². The summed E-state index contributed by atoms with van der Waals surface area (Å²) in [6, 6.07) is 133. The molecule has 504 valence electrons. The first-order valence-corrected chi connectivity index (χ1v) is 37.2. The molecule has 20 rings (SSSR count). The Hall–Kier alpha value is -12.8. The van der Waals surface area contributed by atoms with Gasteiger partial charge in [-0.2, -0.15) is 0 Å². The summed E-state index contributed by atoms with van der Waals surface area (Å²) in [6.07, 6.45) is 0. The molecule has 0 aliphatic carbocycles. The van der Waals surface area contributed by atoms with Gasteiger partial charge in [-0.3, -0.25) is 0 Å². The predicted octanol–water partition coefficient (Wildman–Crippen LogP) is 22.3. The molecule has 0 saturated carbocycles. The minimum absolute atomic E-state index is 0.104. The highest BCUT2D eigenvalue weighted by molar-refractivity contribution is 7.03. The summed E-state index contributed by atoms with van der Waals surface area (Å²) < 4.78 is 2.60. The van der Waals surface area contributed by atoms with E-state index in [9.17, 15) is 0 Å². The molecule has 15 aromatic carbocycles. The molecule has 5 heterocycles. The first kappa shape index (κ1) is 63.0. The van der Waals surface area contributed by atoms with Crippen LogP contribution in [-0.4, -0.2) is 18.0 Å². The van der Waals surface area contributed by atoms with Crippen LogP contribution in [0, 0.1) is 0 Å². The maximum atomic E-state index is 2.70. The van der Waals surface area contributed by atoms with Gasteiger partial charge in [0.2, 0.25) is 0 Å². The van der Waals surface area contributed by atoms with E-state index in [1.165, 1.54) is 65.7 Å². The summed E-state index contributed by atoms with van der Waals surface area (Å²) >= 11 is 0. The summed E-state index contributed by atoms with van der Waals surface area (Å²) in [4.78, 5) is 12.9. The van der Waals surface area contributed by atoms with Crippen LogP contribution in [0.2, 0.25) is 0 Å². The normalized spacial score (nSPS) is 13.3. The van der Waals surface area contributed by atoms with Crippen LogP contribution in [0.15, 0.2) is 352 Å². The standard InChI is InChI=1S/C98H76B2N6/c1-97(2,3)67-53-55-78-79-56-54-68(98(4,5)6)58-87(79)105(86(78)57-67)75-61-91-94-92(62-75)104(73-45-26-13-27-46-73)88-64-89-83(63-82(88)99(94)80-49-28-30-51-84(80)103(91)72-43-24-12-25-44-72)100-81-50-29-31-52-85(81)102(71-41-22-11-23-42-71)90-59-74(101(69-37-18-9-19-38-69)70-39-20-10-21-40-70)60-93(95(90)100)106(89)96-76(65-33-14-7-15-34-65)47-32-48-77(96)66-35-16-8-17-36-66/h7-64H,1-6H3. The molecule has 0 atom stereocenters. The Bertz CT molecular complexity index is 5960. The lowest BCUT2D eigenvalue weighted by molar-refractivity contribution is 0.591. The number of nitrogens with zero attached hydrogens (tertiary/aromatic N) is 6. The van der Waals surface area contributed by atoms with Crippen LogP contribution >= 0.6 is 0 Å². The van der Waals surface area contributed by atoms with Gasteiger partial charge < -0.3 is 29.1 Å². The second-order valence-corrected chi connectivity index (χ2v) is 30.8. The van der Waals surface area contributed by atoms with Crippen molar-refractivity contribution in [2.24, 2.45) is 0 Å². The Morgan fingerprint density at radius 1 is 0.255 bits per heavy atom. The highest BCUT2D eigenvalue weighted by atomic mass is 15.2. The number of anilines is 15. The fraction of sp³-hybridized carbons (Fsp3) is 0.0816. The van der Waals surface area contributed by atoms with E-state index in [4.69, 9.17) is 0 Å². The first-order valence-electron chi connectivity index (χ1n) is 37.2. The molecular weight excluding hydrogens is 1280 g/mol. The smallest absolute Gasteiger partial charge is 0.252 e. The van der Waals surface area contributed by atoms with Crippen molar-refractivity contribution in [3.05, 3.63) is 363 Å². The van der Waals surface area contributed by atoms with Crippen LogP contribution in [0.4, 0.5) is 85.3 Å².